The first-order chi connectivity index (χ1) is 16.5. The van der Waals surface area contributed by atoms with E-state index in [9.17, 15) is 14.3 Å². The van der Waals surface area contributed by atoms with Crippen molar-refractivity contribution >= 4 is 28.6 Å². The maximum atomic E-state index is 14.6. The molecule has 2 fully saturated rings. The van der Waals surface area contributed by atoms with Gasteiger partial charge in [-0.1, -0.05) is 19.3 Å². The molecule has 0 bridgehead atoms. The van der Waals surface area contributed by atoms with Crippen LogP contribution < -0.4 is 4.74 Å². The number of aryl methyl sites for hydroxylation is 1. The number of aromatic nitrogens is 1. The third-order valence-electron chi connectivity index (χ3n) is 7.61. The van der Waals surface area contributed by atoms with Crippen LogP contribution in [0.1, 0.15) is 56.9 Å². The number of methoxy groups -OCH3 is 1. The van der Waals surface area contributed by atoms with Crippen molar-refractivity contribution in [2.45, 2.75) is 63.0 Å². The molecular weight excluding hydrogens is 451 g/mol. The number of pyridine rings is 1. The summed E-state index contributed by atoms with van der Waals surface area (Å²) in [6.45, 7) is 2.58. The number of fused-ring (bicyclic) bond motifs is 1. The van der Waals surface area contributed by atoms with Crippen LogP contribution >= 0.6 is 11.8 Å². The molecule has 2 heterocycles. The van der Waals surface area contributed by atoms with Gasteiger partial charge in [-0.25, -0.2) is 4.39 Å². The van der Waals surface area contributed by atoms with Crippen molar-refractivity contribution in [3.63, 3.8) is 0 Å². The van der Waals surface area contributed by atoms with E-state index in [0.29, 0.717) is 24.3 Å². The highest BCUT2D eigenvalue weighted by atomic mass is 32.2. The quantitative estimate of drug-likeness (QED) is 0.456. The summed E-state index contributed by atoms with van der Waals surface area (Å²) in [7, 11) is 1.60. The average Bonchev–Trinajstić information content (AvgIpc) is 2.86. The van der Waals surface area contributed by atoms with Crippen molar-refractivity contribution in [2.75, 3.05) is 32.5 Å². The molecule has 0 amide bonds. The van der Waals surface area contributed by atoms with Crippen molar-refractivity contribution in [2.24, 2.45) is 11.8 Å². The van der Waals surface area contributed by atoms with Crippen LogP contribution in [0.25, 0.3) is 10.9 Å². The first-order valence-electron chi connectivity index (χ1n) is 12.7. The molecule has 5 nitrogen and oxygen atoms in total. The summed E-state index contributed by atoms with van der Waals surface area (Å²) in [5.74, 6) is 0.583. The Morgan fingerprint density at radius 3 is 2.85 bits per heavy atom. The summed E-state index contributed by atoms with van der Waals surface area (Å²) in [5.41, 5.74) is 1.40. The van der Waals surface area contributed by atoms with E-state index in [1.807, 2.05) is 18.2 Å². The number of carbonyl (C=O) groups is 1. The van der Waals surface area contributed by atoms with Crippen LogP contribution in [0, 0.1) is 17.7 Å². The van der Waals surface area contributed by atoms with Crippen LogP contribution in [-0.4, -0.2) is 58.7 Å². The predicted octanol–water partition coefficient (Wildman–Crippen LogP) is 5.79. The molecule has 2 unspecified atom stereocenters. The van der Waals surface area contributed by atoms with Crippen LogP contribution in [0.5, 0.6) is 5.75 Å². The van der Waals surface area contributed by atoms with Crippen LogP contribution in [0.15, 0.2) is 24.4 Å². The second-order valence-electron chi connectivity index (χ2n) is 9.78. The summed E-state index contributed by atoms with van der Waals surface area (Å²) >= 11 is 2.08. The van der Waals surface area contributed by atoms with E-state index >= 15 is 0 Å². The van der Waals surface area contributed by atoms with Gasteiger partial charge in [0.1, 0.15) is 11.6 Å². The Bertz CT molecular complexity index is 966. The first-order valence-corrected chi connectivity index (χ1v) is 13.8. The number of benzene rings is 1. The van der Waals surface area contributed by atoms with E-state index in [-0.39, 0.29) is 17.7 Å². The smallest absolute Gasteiger partial charge is 0.308 e. The lowest BCUT2D eigenvalue weighted by atomic mass is 9.81. The zero-order valence-electron chi connectivity index (χ0n) is 20.2. The molecule has 2 aromatic rings. The Morgan fingerprint density at radius 2 is 2.09 bits per heavy atom. The second-order valence-corrected chi connectivity index (χ2v) is 11.2. The fourth-order valence-electron chi connectivity index (χ4n) is 5.60. The van der Waals surface area contributed by atoms with Crippen LogP contribution in [0.2, 0.25) is 0 Å². The van der Waals surface area contributed by atoms with Crippen LogP contribution in [0.4, 0.5) is 4.39 Å². The van der Waals surface area contributed by atoms with E-state index in [1.54, 1.807) is 7.11 Å². The normalized spacial score (nSPS) is 22.2. The topological polar surface area (TPSA) is 62.7 Å². The lowest BCUT2D eigenvalue weighted by Crippen LogP contribution is -2.44. The Morgan fingerprint density at radius 1 is 1.26 bits per heavy atom. The van der Waals surface area contributed by atoms with Gasteiger partial charge in [-0.05, 0) is 74.8 Å². The minimum absolute atomic E-state index is 0.144. The van der Waals surface area contributed by atoms with Gasteiger partial charge in [0.05, 0.1) is 24.7 Å². The van der Waals surface area contributed by atoms with E-state index < -0.39 is 5.97 Å². The number of rotatable bonds is 10. The average molecular weight is 489 g/mol. The van der Waals surface area contributed by atoms with E-state index in [2.05, 4.69) is 21.6 Å². The summed E-state index contributed by atoms with van der Waals surface area (Å²) in [6.07, 6.45) is 11.1. The van der Waals surface area contributed by atoms with Crippen LogP contribution in [0.3, 0.4) is 0 Å². The highest BCUT2D eigenvalue weighted by Crippen LogP contribution is 2.32. The van der Waals surface area contributed by atoms with Gasteiger partial charge in [-0.3, -0.25) is 9.78 Å². The zero-order valence-corrected chi connectivity index (χ0v) is 21.0. The molecule has 0 spiro atoms. The van der Waals surface area contributed by atoms with Crippen LogP contribution in [-0.2, 0) is 11.2 Å². The Balaban J connectivity index is 1.30. The SMILES string of the molecule is COc1ccc2ncc(F)c(CCCC3CCN(CCSC4CCCCC4)CC3C(=O)O)c2c1. The molecule has 1 aromatic heterocycles. The second kappa shape index (κ2) is 12.2. The third kappa shape index (κ3) is 6.42. The number of hydrogen-bond acceptors (Lipinski definition) is 5. The molecule has 1 N–H and O–H groups in total. The van der Waals surface area contributed by atoms with Gasteiger partial charge in [0, 0.05) is 29.5 Å². The summed E-state index contributed by atoms with van der Waals surface area (Å²) in [6, 6.07) is 5.51. The number of nitrogens with zero attached hydrogens (tertiary/aromatic N) is 2. The summed E-state index contributed by atoms with van der Waals surface area (Å²) < 4.78 is 19.9. The molecule has 0 radical (unpaired) electrons. The molecule has 34 heavy (non-hydrogen) atoms. The minimum Gasteiger partial charge on any atom is -0.497 e. The van der Waals surface area contributed by atoms with E-state index in [4.69, 9.17) is 4.74 Å². The van der Waals surface area contributed by atoms with Crippen molar-refractivity contribution < 1.29 is 19.0 Å². The number of hydrogen-bond donors (Lipinski definition) is 1. The molecule has 186 valence electrons. The molecule has 2 atom stereocenters. The number of halogens is 1. The molecule has 2 aliphatic rings. The molecule has 7 heteroatoms. The Hall–Kier alpha value is -1.86. The van der Waals surface area contributed by atoms with Gasteiger partial charge in [0.15, 0.2) is 0 Å². The standard InChI is InChI=1S/C27H37FN2O3S/c1-33-20-10-11-26-23(16-20)22(25(28)17-29-26)9-5-6-19-12-13-30(18-24(19)27(31)32)14-15-34-21-7-3-2-4-8-21/h10-11,16-17,19,21,24H,2-9,12-15,18H2,1H3,(H,31,32). The van der Waals surface area contributed by atoms with Gasteiger partial charge in [-0.2, -0.15) is 11.8 Å². The molecule has 1 saturated heterocycles. The maximum absolute atomic E-state index is 14.6. The largest absolute Gasteiger partial charge is 0.497 e. The molecule has 1 aliphatic heterocycles. The fourth-order valence-corrected chi connectivity index (χ4v) is 6.96. The van der Waals surface area contributed by atoms with Gasteiger partial charge in [-0.15, -0.1) is 0 Å². The van der Waals surface area contributed by atoms with Crippen molar-refractivity contribution in [3.05, 3.63) is 35.8 Å². The lowest BCUT2D eigenvalue weighted by molar-refractivity contribution is -0.146. The lowest BCUT2D eigenvalue weighted by Gasteiger charge is -2.37. The number of piperidine rings is 1. The highest BCUT2D eigenvalue weighted by molar-refractivity contribution is 7.99. The van der Waals surface area contributed by atoms with Crippen molar-refractivity contribution in [1.29, 1.82) is 0 Å². The van der Waals surface area contributed by atoms with Gasteiger partial charge >= 0.3 is 5.97 Å². The van der Waals surface area contributed by atoms with Gasteiger partial charge in [0.25, 0.3) is 0 Å². The summed E-state index contributed by atoms with van der Waals surface area (Å²) in [4.78, 5) is 18.6. The van der Waals surface area contributed by atoms with Gasteiger partial charge in [0.2, 0.25) is 0 Å². The van der Waals surface area contributed by atoms with Crippen molar-refractivity contribution in [1.82, 2.24) is 9.88 Å². The summed E-state index contributed by atoms with van der Waals surface area (Å²) in [5, 5.41) is 11.5. The number of carboxylic acids is 1. The molecule has 1 aliphatic carbocycles. The third-order valence-corrected chi connectivity index (χ3v) is 8.97. The highest BCUT2D eigenvalue weighted by Gasteiger charge is 2.33. The maximum Gasteiger partial charge on any atom is 0.308 e. The minimum atomic E-state index is -0.695. The van der Waals surface area contributed by atoms with E-state index in [1.165, 1.54) is 38.3 Å². The number of thioether (sulfide) groups is 1. The first kappa shape index (κ1) is 25.2. The number of likely N-dealkylation sites (tertiary alicyclic amines) is 1. The number of carboxylic acid groups (broad SMARTS) is 1. The fraction of sp³-hybridized carbons (Fsp3) is 0.630. The predicted molar refractivity (Wildman–Crippen MR) is 136 cm³/mol. The molecule has 1 aromatic carbocycles. The molecular formula is C27H37FN2O3S. The number of aliphatic carboxylic acids is 1. The van der Waals surface area contributed by atoms with Crippen molar-refractivity contribution in [3.8, 4) is 5.75 Å². The van der Waals surface area contributed by atoms with Gasteiger partial charge < -0.3 is 14.7 Å². The zero-order chi connectivity index (χ0) is 23.9. The van der Waals surface area contributed by atoms with E-state index in [0.717, 1.165) is 54.3 Å². The monoisotopic (exact) mass is 488 g/mol. The Labute approximate surface area is 206 Å². The molecule has 1 saturated carbocycles. The number of ether oxygens (including phenoxy) is 1. The molecule has 4 rings (SSSR count). The Kier molecular flexibility index (Phi) is 9.06.